The molecule has 0 aromatic carbocycles. The van der Waals surface area contributed by atoms with Crippen LogP contribution in [0.4, 0.5) is 4.79 Å². The number of aromatic nitrogens is 2. The summed E-state index contributed by atoms with van der Waals surface area (Å²) < 4.78 is 42.3. The second-order valence-corrected chi connectivity index (χ2v) is 14.0. The molecule has 4 heterocycles. The molecule has 0 aliphatic carbocycles. The second kappa shape index (κ2) is 12.7. The molecule has 1 unspecified atom stereocenters. The molecular formula is C28H39N3O9S2. The summed E-state index contributed by atoms with van der Waals surface area (Å²) in [6, 6.07) is -0.497. The molecule has 1 fully saturated rings. The van der Waals surface area contributed by atoms with Gasteiger partial charge in [-0.1, -0.05) is 46.5 Å². The number of hydrogen-bond acceptors (Lipinski definition) is 11. The van der Waals surface area contributed by atoms with Gasteiger partial charge in [0.05, 0.1) is 22.9 Å². The van der Waals surface area contributed by atoms with Crippen LogP contribution in [0, 0.1) is 11.8 Å². The van der Waals surface area contributed by atoms with Crippen molar-refractivity contribution in [3.63, 3.8) is 0 Å². The fourth-order valence-electron chi connectivity index (χ4n) is 5.70. The quantitative estimate of drug-likeness (QED) is 0.195. The van der Waals surface area contributed by atoms with Crippen LogP contribution in [0.15, 0.2) is 23.2 Å². The number of nitrogens with zero attached hydrogens (tertiary/aromatic N) is 3. The van der Waals surface area contributed by atoms with E-state index in [1.165, 1.54) is 25.1 Å². The van der Waals surface area contributed by atoms with Crippen LogP contribution in [0.5, 0.6) is 0 Å². The third-order valence-electron chi connectivity index (χ3n) is 7.72. The van der Waals surface area contributed by atoms with Crippen molar-refractivity contribution in [3.8, 4) is 0 Å². The van der Waals surface area contributed by atoms with Gasteiger partial charge in [0.15, 0.2) is 14.9 Å². The van der Waals surface area contributed by atoms with E-state index >= 15 is 0 Å². The number of ether oxygens (including phenoxy) is 3. The lowest BCUT2D eigenvalue weighted by Crippen LogP contribution is -2.63. The van der Waals surface area contributed by atoms with Crippen molar-refractivity contribution >= 4 is 49.6 Å². The largest absolute Gasteiger partial charge is 0.511 e. The predicted molar refractivity (Wildman–Crippen MR) is 154 cm³/mol. The number of esters is 1. The summed E-state index contributed by atoms with van der Waals surface area (Å²) >= 11 is 1.12. The van der Waals surface area contributed by atoms with Gasteiger partial charge >= 0.3 is 12.1 Å². The molecule has 42 heavy (non-hydrogen) atoms. The third-order valence-corrected chi connectivity index (χ3v) is 9.99. The van der Waals surface area contributed by atoms with Gasteiger partial charge < -0.3 is 24.2 Å². The molecule has 0 saturated carbocycles. The molecule has 232 valence electrons. The Morgan fingerprint density at radius 1 is 1.12 bits per heavy atom. The van der Waals surface area contributed by atoms with Gasteiger partial charge in [-0.05, 0) is 19.8 Å². The zero-order chi connectivity index (χ0) is 30.9. The van der Waals surface area contributed by atoms with Crippen LogP contribution in [-0.4, -0.2) is 76.6 Å². The van der Waals surface area contributed by atoms with Gasteiger partial charge in [-0.2, -0.15) is 0 Å². The normalized spacial score (nSPS) is 21.9. The van der Waals surface area contributed by atoms with Crippen LogP contribution in [0.1, 0.15) is 78.0 Å². The average Bonchev–Trinajstić information content (AvgIpc) is 3.54. The van der Waals surface area contributed by atoms with Gasteiger partial charge in [0.2, 0.25) is 12.2 Å². The van der Waals surface area contributed by atoms with Crippen molar-refractivity contribution in [2.24, 2.45) is 11.8 Å². The maximum atomic E-state index is 13.6. The number of sulfone groups is 1. The van der Waals surface area contributed by atoms with E-state index in [-0.39, 0.29) is 22.7 Å². The number of unbranched alkanes of at least 4 members (excludes halogenated alkanes) is 2. The third kappa shape index (κ3) is 6.20. The second-order valence-electron chi connectivity index (χ2n) is 11.0. The number of carbonyl (C=O) groups is 3. The Bertz CT molecular complexity index is 1470. The number of fused-ring (bicyclic) bond motifs is 2. The van der Waals surface area contributed by atoms with E-state index < -0.39 is 52.2 Å². The minimum Gasteiger partial charge on any atom is -0.431 e. The van der Waals surface area contributed by atoms with Crippen LogP contribution in [0.3, 0.4) is 0 Å². The molecule has 4 rings (SSSR count). The fourth-order valence-corrected chi connectivity index (χ4v) is 8.05. The summed E-state index contributed by atoms with van der Waals surface area (Å²) in [5.74, 6) is -2.41. The number of hydrogen-bond donors (Lipinski definition) is 1. The zero-order valence-corrected chi connectivity index (χ0v) is 26.4. The molecule has 1 amide bonds. The molecule has 2 aromatic rings. The summed E-state index contributed by atoms with van der Waals surface area (Å²) in [5, 5.41) is 10.2. The highest BCUT2D eigenvalue weighted by Crippen LogP contribution is 2.52. The highest BCUT2D eigenvalue weighted by atomic mass is 32.2. The van der Waals surface area contributed by atoms with Crippen molar-refractivity contribution in [3.05, 3.63) is 23.1 Å². The summed E-state index contributed by atoms with van der Waals surface area (Å²) in [5.41, 5.74) is 0.448. The molecule has 1 saturated heterocycles. The minimum atomic E-state index is -3.61. The highest BCUT2D eigenvalue weighted by molar-refractivity contribution is 7.91. The number of β-lactam (4-membered cyclic amide) rings is 1. The van der Waals surface area contributed by atoms with Crippen molar-refractivity contribution in [1.29, 1.82) is 0 Å². The standard InChI is InChI=1S/C28H39N3O9S2/c1-7-9-11-18(12-10-8-2)40-28(35)39-17(5)38-27(34)23-20(15(3)22-21(16(4)32)25(33)31(22)23)19-13-30-14-29-24(26(30)41-19)42(6,36)37/h13-18,21-22,32H,7-12H2,1-6H3/t15-,16+,17?,21+,22+/m0/s1. The van der Waals surface area contributed by atoms with Crippen LogP contribution in [0.2, 0.25) is 0 Å². The Morgan fingerprint density at radius 3 is 2.33 bits per heavy atom. The number of aliphatic hydroxyl groups is 1. The molecule has 0 bridgehead atoms. The van der Waals surface area contributed by atoms with Gasteiger partial charge in [0.1, 0.15) is 23.0 Å². The van der Waals surface area contributed by atoms with Gasteiger partial charge in [0, 0.05) is 30.9 Å². The topological polar surface area (TPSA) is 154 Å². The van der Waals surface area contributed by atoms with E-state index in [1.807, 2.05) is 6.92 Å². The van der Waals surface area contributed by atoms with Crippen molar-refractivity contribution in [1.82, 2.24) is 14.3 Å². The minimum absolute atomic E-state index is 0.0275. The molecule has 1 N–H and O–H groups in total. The zero-order valence-electron chi connectivity index (χ0n) is 24.7. The molecule has 12 nitrogen and oxygen atoms in total. The van der Waals surface area contributed by atoms with Crippen molar-refractivity contribution in [2.75, 3.05) is 6.26 Å². The predicted octanol–water partition coefficient (Wildman–Crippen LogP) is 4.16. The number of amides is 1. The molecule has 14 heteroatoms. The Morgan fingerprint density at radius 2 is 1.76 bits per heavy atom. The Hall–Kier alpha value is -2.97. The number of carbonyl (C=O) groups excluding carboxylic acids is 3. The van der Waals surface area contributed by atoms with E-state index in [4.69, 9.17) is 14.2 Å². The maximum absolute atomic E-state index is 13.6. The van der Waals surface area contributed by atoms with E-state index in [0.717, 1.165) is 43.3 Å². The van der Waals surface area contributed by atoms with E-state index in [2.05, 4.69) is 18.8 Å². The number of rotatable bonds is 13. The summed E-state index contributed by atoms with van der Waals surface area (Å²) in [4.78, 5) is 45.4. The van der Waals surface area contributed by atoms with Crippen LogP contribution < -0.4 is 0 Å². The Kier molecular flexibility index (Phi) is 9.68. The first-order valence-electron chi connectivity index (χ1n) is 14.3. The van der Waals surface area contributed by atoms with Gasteiger partial charge in [-0.15, -0.1) is 11.3 Å². The smallest absolute Gasteiger partial charge is 0.431 e. The van der Waals surface area contributed by atoms with Gasteiger partial charge in [-0.25, -0.2) is 23.0 Å². The lowest BCUT2D eigenvalue weighted by molar-refractivity contribution is -0.174. The molecule has 0 spiro atoms. The summed E-state index contributed by atoms with van der Waals surface area (Å²) in [6.45, 7) is 8.86. The molecular weight excluding hydrogens is 586 g/mol. The maximum Gasteiger partial charge on any atom is 0.511 e. The number of aliphatic hydroxyl groups excluding tert-OH is 1. The molecule has 2 aliphatic rings. The fraction of sp³-hybridized carbons (Fsp3) is 0.643. The summed E-state index contributed by atoms with van der Waals surface area (Å²) in [6.07, 6.45) is 5.75. The van der Waals surface area contributed by atoms with Crippen LogP contribution in [-0.2, 0) is 33.6 Å². The highest BCUT2D eigenvalue weighted by Gasteiger charge is 2.60. The SMILES string of the molecule is CCCCC(CCCC)OC(=O)OC(C)OC(=O)C1=C(c2cn3cnc(S(C)(=O)=O)c3s2)[C@H](C)[C@@H]2[C@@H]([C@@H](C)O)C(=O)N12. The van der Waals surface area contributed by atoms with E-state index in [9.17, 15) is 27.9 Å². The van der Waals surface area contributed by atoms with E-state index in [1.54, 1.807) is 10.6 Å². The molecule has 2 aromatic heterocycles. The average molecular weight is 626 g/mol. The lowest BCUT2D eigenvalue weighted by atomic mass is 9.77. The number of thiazole rings is 1. The van der Waals surface area contributed by atoms with Crippen LogP contribution in [0.25, 0.3) is 10.4 Å². The van der Waals surface area contributed by atoms with Crippen LogP contribution >= 0.6 is 11.3 Å². The first-order valence-corrected chi connectivity index (χ1v) is 17.0. The Balaban J connectivity index is 1.59. The van der Waals surface area contributed by atoms with E-state index in [0.29, 0.717) is 28.1 Å². The van der Waals surface area contributed by atoms with Crippen molar-refractivity contribution < 1.29 is 42.1 Å². The molecule has 5 atom stereocenters. The Labute approximate surface area is 249 Å². The van der Waals surface area contributed by atoms with Crippen molar-refractivity contribution in [2.45, 2.75) is 103 Å². The monoisotopic (exact) mass is 625 g/mol. The molecule has 2 aliphatic heterocycles. The number of imidazole rings is 1. The lowest BCUT2D eigenvalue weighted by Gasteiger charge is -2.46. The summed E-state index contributed by atoms with van der Waals surface area (Å²) in [7, 11) is -3.61. The van der Waals surface area contributed by atoms with Gasteiger partial charge in [0.25, 0.3) is 0 Å². The molecule has 0 radical (unpaired) electrons. The first-order chi connectivity index (χ1) is 19.8. The van der Waals surface area contributed by atoms with Gasteiger partial charge in [-0.3, -0.25) is 9.20 Å². The first kappa shape index (κ1) is 32.0.